The van der Waals surface area contributed by atoms with Crippen LogP contribution < -0.4 is 10.8 Å². The molecule has 6 aliphatic carbocycles. The van der Waals surface area contributed by atoms with Crippen molar-refractivity contribution < 1.29 is 49.0 Å². The smallest absolute Gasteiger partial charge is 0.307 e. The Balaban J connectivity index is 0.832. The van der Waals surface area contributed by atoms with Gasteiger partial charge in [-0.25, -0.2) is 4.89 Å². The van der Waals surface area contributed by atoms with Crippen molar-refractivity contribution in [3.05, 3.63) is 20.2 Å². The molecular formula is C43H72N4O12. The SMILES string of the molecule is CC(C)(C1CCC(OC2CCC(NOCC3CC([N+](=O)[O-])CCC3COO)CC2)CC1)C1CCC(OC2CCC(NC(=O)C3CC([N+](=O)[O-])CCC3C(=O)O)CC2)CC1. The maximum Gasteiger partial charge on any atom is 0.307 e. The minimum Gasteiger partial charge on any atom is -0.481 e. The molecule has 0 aromatic rings. The largest absolute Gasteiger partial charge is 0.481 e. The van der Waals surface area contributed by atoms with E-state index in [1.807, 2.05) is 0 Å². The molecule has 0 aromatic carbocycles. The second kappa shape index (κ2) is 21.5. The Labute approximate surface area is 349 Å². The quantitative estimate of drug-likeness (QED) is 0.0652. The van der Waals surface area contributed by atoms with Crippen molar-refractivity contribution in [3.63, 3.8) is 0 Å². The van der Waals surface area contributed by atoms with E-state index < -0.39 is 29.9 Å². The number of nitrogens with one attached hydrogen (secondary N) is 2. The molecule has 0 bridgehead atoms. The molecular weight excluding hydrogens is 764 g/mol. The van der Waals surface area contributed by atoms with Gasteiger partial charge in [0.1, 0.15) is 0 Å². The third-order valence-corrected chi connectivity index (χ3v) is 15.9. The van der Waals surface area contributed by atoms with Gasteiger partial charge >= 0.3 is 5.97 Å². The van der Waals surface area contributed by atoms with Crippen LogP contribution in [0.5, 0.6) is 0 Å². The molecule has 0 heterocycles. The van der Waals surface area contributed by atoms with Crippen LogP contribution >= 0.6 is 0 Å². The lowest BCUT2D eigenvalue weighted by Crippen LogP contribution is -2.48. The van der Waals surface area contributed by atoms with E-state index in [1.165, 1.54) is 25.7 Å². The summed E-state index contributed by atoms with van der Waals surface area (Å²) < 4.78 is 13.3. The van der Waals surface area contributed by atoms with Gasteiger partial charge in [-0.05, 0) is 145 Å². The van der Waals surface area contributed by atoms with Crippen molar-refractivity contribution in [2.45, 2.75) is 204 Å². The average Bonchev–Trinajstić information content (AvgIpc) is 3.23. The summed E-state index contributed by atoms with van der Waals surface area (Å²) in [5.41, 5.74) is 3.49. The third-order valence-electron chi connectivity index (χ3n) is 15.9. The van der Waals surface area contributed by atoms with Crippen LogP contribution in [-0.4, -0.2) is 93.9 Å². The molecule has 6 atom stereocenters. The van der Waals surface area contributed by atoms with Crippen molar-refractivity contribution in [2.24, 2.45) is 40.9 Å². The number of carboxylic acid groups (broad SMARTS) is 1. The molecule has 6 unspecified atom stereocenters. The first-order chi connectivity index (χ1) is 28.3. The maximum atomic E-state index is 13.1. The van der Waals surface area contributed by atoms with Crippen LogP contribution in [0.1, 0.15) is 155 Å². The summed E-state index contributed by atoms with van der Waals surface area (Å²) in [6.45, 7) is 5.51. The normalized spacial score (nSPS) is 38.6. The van der Waals surface area contributed by atoms with Gasteiger partial charge in [0.15, 0.2) is 0 Å². The number of nitro groups is 2. The van der Waals surface area contributed by atoms with E-state index in [2.05, 4.69) is 29.5 Å². The van der Waals surface area contributed by atoms with E-state index in [0.29, 0.717) is 43.8 Å². The predicted molar refractivity (Wildman–Crippen MR) is 216 cm³/mol. The molecule has 6 saturated carbocycles. The Morgan fingerprint density at radius 2 is 1.08 bits per heavy atom. The number of amides is 1. The van der Waals surface area contributed by atoms with Gasteiger partial charge in [0.2, 0.25) is 18.0 Å². The predicted octanol–water partition coefficient (Wildman–Crippen LogP) is 7.12. The molecule has 6 fully saturated rings. The fraction of sp³-hybridized carbons (Fsp3) is 0.953. The molecule has 6 rings (SSSR count). The van der Waals surface area contributed by atoms with E-state index >= 15 is 0 Å². The van der Waals surface area contributed by atoms with Crippen LogP contribution in [0.4, 0.5) is 0 Å². The highest BCUT2D eigenvalue weighted by Crippen LogP contribution is 2.49. The first-order valence-corrected chi connectivity index (χ1v) is 23.0. The lowest BCUT2D eigenvalue weighted by Gasteiger charge is -2.47. The van der Waals surface area contributed by atoms with Gasteiger partial charge in [0.25, 0.3) is 0 Å². The molecule has 1 amide bonds. The average molecular weight is 837 g/mol. The number of aliphatic carboxylic acids is 1. The molecule has 0 saturated heterocycles. The molecule has 0 spiro atoms. The number of hydrogen-bond donors (Lipinski definition) is 4. The Morgan fingerprint density at radius 1 is 0.610 bits per heavy atom. The summed E-state index contributed by atoms with van der Waals surface area (Å²) in [5, 5.41) is 44.4. The standard InChI is InChI=1S/C43H72N4O12/c1-43(2,29-4-14-35(15-5-29)58-37-18-8-31(9-19-37)44-41(48)40-24-34(47(53)54)13-22-39(40)42(49)50)30-6-16-36(17-7-30)59-38-20-10-32(11-21-38)45-56-25-28-23-33(46(51)52)12-3-27(28)26-57-55/h27-40,45,55H,3-26H2,1-2H3,(H,44,48)(H,49,50). The minimum atomic E-state index is -1.05. The second-order valence-electron chi connectivity index (χ2n) is 19.8. The van der Waals surface area contributed by atoms with Crippen LogP contribution in [0.2, 0.25) is 0 Å². The molecule has 6 aliphatic rings. The van der Waals surface area contributed by atoms with Gasteiger partial charge in [0.05, 0.1) is 49.5 Å². The van der Waals surface area contributed by atoms with Crippen molar-refractivity contribution in [3.8, 4) is 0 Å². The van der Waals surface area contributed by atoms with E-state index in [0.717, 1.165) is 77.0 Å². The zero-order chi connectivity index (χ0) is 42.1. The van der Waals surface area contributed by atoms with Crippen molar-refractivity contribution >= 4 is 11.9 Å². The van der Waals surface area contributed by atoms with E-state index in [1.54, 1.807) is 0 Å². The Hall–Kier alpha value is -2.50. The lowest BCUT2D eigenvalue weighted by molar-refractivity contribution is -0.529. The number of carbonyl (C=O) groups is 2. The lowest BCUT2D eigenvalue weighted by atomic mass is 9.60. The number of carboxylic acids is 1. The fourth-order valence-electron chi connectivity index (χ4n) is 11.9. The van der Waals surface area contributed by atoms with E-state index in [-0.39, 0.29) is 89.3 Å². The highest BCUT2D eigenvalue weighted by molar-refractivity contribution is 5.85. The van der Waals surface area contributed by atoms with Crippen molar-refractivity contribution in [1.29, 1.82) is 0 Å². The summed E-state index contributed by atoms with van der Waals surface area (Å²) in [5.74, 6) is -1.77. The molecule has 0 aliphatic heterocycles. The Morgan fingerprint density at radius 3 is 1.58 bits per heavy atom. The molecule has 59 heavy (non-hydrogen) atoms. The number of nitrogens with zero attached hydrogens (tertiary/aromatic N) is 2. The minimum absolute atomic E-state index is 0.0191. The van der Waals surface area contributed by atoms with E-state index in [9.17, 15) is 34.9 Å². The molecule has 16 nitrogen and oxygen atoms in total. The number of carbonyl (C=O) groups excluding carboxylic acids is 1. The molecule has 336 valence electrons. The van der Waals surface area contributed by atoms with Gasteiger partial charge in [0, 0.05) is 47.6 Å². The van der Waals surface area contributed by atoms with E-state index in [4.69, 9.17) is 19.6 Å². The number of hydroxylamine groups is 1. The zero-order valence-electron chi connectivity index (χ0n) is 35.4. The maximum absolute atomic E-state index is 13.1. The van der Waals surface area contributed by atoms with Crippen molar-refractivity contribution in [2.75, 3.05) is 13.2 Å². The van der Waals surface area contributed by atoms with Crippen LogP contribution in [0.15, 0.2) is 0 Å². The van der Waals surface area contributed by atoms with Crippen LogP contribution in [0, 0.1) is 61.2 Å². The van der Waals surface area contributed by atoms with Gasteiger partial charge < -0.3 is 24.7 Å². The molecule has 4 N–H and O–H groups in total. The zero-order valence-corrected chi connectivity index (χ0v) is 35.4. The highest BCUT2D eigenvalue weighted by atomic mass is 17.1. The first kappa shape index (κ1) is 46.0. The summed E-state index contributed by atoms with van der Waals surface area (Å²) in [7, 11) is 0. The molecule has 16 heteroatoms. The van der Waals surface area contributed by atoms with Gasteiger partial charge in [-0.3, -0.25) is 35.1 Å². The van der Waals surface area contributed by atoms with Crippen LogP contribution in [0.3, 0.4) is 0 Å². The number of hydrogen-bond acceptors (Lipinski definition) is 12. The summed E-state index contributed by atoms with van der Waals surface area (Å²) >= 11 is 0. The topological polar surface area (TPSA) is 222 Å². The Bertz CT molecular complexity index is 1370. The summed E-state index contributed by atoms with van der Waals surface area (Å²) in [4.78, 5) is 57.3. The van der Waals surface area contributed by atoms with Crippen LogP contribution in [-0.2, 0) is 28.8 Å². The number of rotatable bonds is 17. The molecule has 0 radical (unpaired) electrons. The second-order valence-corrected chi connectivity index (χ2v) is 19.8. The summed E-state index contributed by atoms with van der Waals surface area (Å²) in [6, 6.07) is -1.25. The summed E-state index contributed by atoms with van der Waals surface area (Å²) in [6.07, 6.45) is 19.2. The Kier molecular flexibility index (Phi) is 16.8. The first-order valence-electron chi connectivity index (χ1n) is 23.0. The molecule has 0 aromatic heterocycles. The fourth-order valence-corrected chi connectivity index (χ4v) is 11.9. The van der Waals surface area contributed by atoms with Gasteiger partial charge in [-0.1, -0.05) is 13.8 Å². The highest BCUT2D eigenvalue weighted by Gasteiger charge is 2.45. The van der Waals surface area contributed by atoms with Gasteiger partial charge in [-0.2, -0.15) is 5.48 Å². The third kappa shape index (κ3) is 12.6. The van der Waals surface area contributed by atoms with Crippen molar-refractivity contribution in [1.82, 2.24) is 10.8 Å². The van der Waals surface area contributed by atoms with Gasteiger partial charge in [-0.15, -0.1) is 0 Å². The monoisotopic (exact) mass is 837 g/mol. The number of ether oxygens (including phenoxy) is 2. The van der Waals surface area contributed by atoms with Crippen LogP contribution in [0.25, 0.3) is 0 Å².